The van der Waals surface area contributed by atoms with E-state index in [0.717, 1.165) is 5.57 Å². The molecule has 0 saturated carbocycles. The highest BCUT2D eigenvalue weighted by molar-refractivity contribution is 5.61. The van der Waals surface area contributed by atoms with Crippen molar-refractivity contribution in [2.45, 2.75) is 26.7 Å². The molecule has 0 aliphatic heterocycles. The van der Waals surface area contributed by atoms with Gasteiger partial charge in [-0.15, -0.1) is 0 Å². The van der Waals surface area contributed by atoms with E-state index in [2.05, 4.69) is 44.7 Å². The number of hydrogen-bond donors (Lipinski definition) is 0. The number of rotatable bonds is 2. The molecule has 0 amide bonds. The van der Waals surface area contributed by atoms with Gasteiger partial charge in [0.05, 0.1) is 0 Å². The minimum atomic E-state index is 0.500. The molecule has 0 heterocycles. The summed E-state index contributed by atoms with van der Waals surface area (Å²) in [6.45, 7) is 10.4. The van der Waals surface area contributed by atoms with Crippen LogP contribution in [-0.2, 0) is 9.59 Å². The Morgan fingerprint density at radius 1 is 1.22 bits per heavy atom. The SMILES string of the molecule is C=C(C)c1cccc(C(C)C)c1.[N-]=C=O.[N-]=C=O. The van der Waals surface area contributed by atoms with Gasteiger partial charge in [-0.25, -0.2) is 0 Å². The van der Waals surface area contributed by atoms with Crippen molar-refractivity contribution in [3.05, 3.63) is 52.8 Å². The van der Waals surface area contributed by atoms with Gasteiger partial charge >= 0.3 is 0 Å². The lowest BCUT2D eigenvalue weighted by molar-refractivity contribution is 0.568. The van der Waals surface area contributed by atoms with Crippen molar-refractivity contribution in [2.75, 3.05) is 0 Å². The smallest absolute Gasteiger partial charge is 0.0159 e. The van der Waals surface area contributed by atoms with Crippen molar-refractivity contribution in [1.29, 1.82) is 0 Å². The molecule has 0 aromatic heterocycles. The molecule has 1 aromatic rings. The summed E-state index contributed by atoms with van der Waals surface area (Å²) in [7, 11) is 0. The Balaban J connectivity index is 0. The van der Waals surface area contributed by atoms with Gasteiger partial charge in [-0.3, -0.25) is 9.59 Å². The summed E-state index contributed by atoms with van der Waals surface area (Å²) in [5.74, 6) is 0.601. The number of nitrogens with zero attached hydrogens (tertiary/aromatic N) is 2. The minimum Gasteiger partial charge on any atom is -0.724 e. The Morgan fingerprint density at radius 2 is 1.67 bits per heavy atom. The third kappa shape index (κ3) is 8.98. The molecule has 4 nitrogen and oxygen atoms in total. The predicted octanol–water partition coefficient (Wildman–Crippen LogP) is 3.63. The Bertz CT molecular complexity index is 427. The number of isocyanates is 2. The van der Waals surface area contributed by atoms with Crippen molar-refractivity contribution >= 4 is 17.7 Å². The molecule has 96 valence electrons. The highest BCUT2D eigenvalue weighted by Gasteiger charge is 1.99. The lowest BCUT2D eigenvalue weighted by Gasteiger charge is -2.07. The van der Waals surface area contributed by atoms with E-state index >= 15 is 0 Å². The molecule has 0 saturated heterocycles. The van der Waals surface area contributed by atoms with Crippen LogP contribution in [0.3, 0.4) is 0 Å². The van der Waals surface area contributed by atoms with Crippen molar-refractivity contribution in [3.63, 3.8) is 0 Å². The van der Waals surface area contributed by atoms with Crippen LogP contribution in [0.1, 0.15) is 37.8 Å². The second-order valence-corrected chi connectivity index (χ2v) is 3.74. The maximum absolute atomic E-state index is 8.24. The molecule has 4 heteroatoms. The third-order valence-electron chi connectivity index (χ3n) is 2.05. The highest BCUT2D eigenvalue weighted by atomic mass is 16.1. The van der Waals surface area contributed by atoms with Gasteiger partial charge in [-0.05, 0) is 36.1 Å². The molecule has 18 heavy (non-hydrogen) atoms. The number of carbonyl (C=O) groups excluding carboxylic acids is 2. The topological polar surface area (TPSA) is 78.7 Å². The Hall–Kier alpha value is -2.28. The molecule has 0 bridgehead atoms. The number of allylic oxidation sites excluding steroid dienone is 1. The van der Waals surface area contributed by atoms with Gasteiger partial charge in [-0.1, -0.05) is 50.3 Å². The summed E-state index contributed by atoms with van der Waals surface area (Å²) in [4.78, 5) is 16.5. The molecule has 0 spiro atoms. The average molecular weight is 244 g/mol. The van der Waals surface area contributed by atoms with E-state index in [1.807, 2.05) is 6.92 Å². The summed E-state index contributed by atoms with van der Waals surface area (Å²) >= 11 is 0. The van der Waals surface area contributed by atoms with Gasteiger partial charge in [0, 0.05) is 0 Å². The van der Waals surface area contributed by atoms with Crippen molar-refractivity contribution in [3.8, 4) is 0 Å². The number of hydrogen-bond acceptors (Lipinski definition) is 2. The van der Waals surface area contributed by atoms with Crippen LogP contribution in [-0.4, -0.2) is 12.2 Å². The van der Waals surface area contributed by atoms with E-state index < -0.39 is 0 Å². The van der Waals surface area contributed by atoms with E-state index in [-0.39, 0.29) is 0 Å². The fraction of sp³-hybridized carbons (Fsp3) is 0.286. The van der Waals surface area contributed by atoms with Crippen LogP contribution >= 0.6 is 0 Å². The second kappa shape index (κ2) is 11.2. The zero-order valence-electron chi connectivity index (χ0n) is 10.8. The van der Waals surface area contributed by atoms with Gasteiger partial charge in [-0.2, -0.15) is 0 Å². The first-order valence-electron chi connectivity index (χ1n) is 5.22. The van der Waals surface area contributed by atoms with E-state index in [1.54, 1.807) is 0 Å². The summed E-state index contributed by atoms with van der Waals surface area (Å²) in [5.41, 5.74) is 3.77. The van der Waals surface area contributed by atoms with Crippen LogP contribution in [0.25, 0.3) is 16.4 Å². The molecular weight excluding hydrogens is 228 g/mol. The van der Waals surface area contributed by atoms with E-state index in [4.69, 9.17) is 20.4 Å². The maximum atomic E-state index is 8.24. The van der Waals surface area contributed by atoms with Gasteiger partial charge < -0.3 is 10.8 Å². The Kier molecular flexibility index (Phi) is 11.3. The quantitative estimate of drug-likeness (QED) is 0.588. The molecule has 0 N–H and O–H groups in total. The van der Waals surface area contributed by atoms with Crippen molar-refractivity contribution in [1.82, 2.24) is 0 Å². The second-order valence-electron chi connectivity index (χ2n) is 3.74. The van der Waals surface area contributed by atoms with Crippen LogP contribution in [0.4, 0.5) is 0 Å². The summed E-state index contributed by atoms with van der Waals surface area (Å²) in [5, 5.41) is 13.5. The third-order valence-corrected chi connectivity index (χ3v) is 2.05. The molecule has 0 atom stereocenters. The highest BCUT2D eigenvalue weighted by Crippen LogP contribution is 2.19. The standard InChI is InChI=1S/C12H16.2CNO/c1-9(2)11-6-5-7-12(8-11)10(3)4;2*2-1-3/h5-8,10H,1H2,2-4H3;;/q;2*-1. The molecule has 1 rings (SSSR count). The Labute approximate surface area is 107 Å². The van der Waals surface area contributed by atoms with Crippen LogP contribution < -0.4 is 0 Å². The minimum absolute atomic E-state index is 0.500. The molecule has 0 fully saturated rings. The van der Waals surface area contributed by atoms with E-state index in [9.17, 15) is 0 Å². The lowest BCUT2D eigenvalue weighted by Crippen LogP contribution is -1.88. The van der Waals surface area contributed by atoms with Gasteiger partial charge in [0.15, 0.2) is 0 Å². The molecule has 1 aromatic carbocycles. The van der Waals surface area contributed by atoms with Crippen molar-refractivity contribution < 1.29 is 9.59 Å². The largest absolute Gasteiger partial charge is 0.724 e. The first-order valence-corrected chi connectivity index (χ1v) is 5.22. The van der Waals surface area contributed by atoms with Crippen LogP contribution in [0, 0.1) is 0 Å². The average Bonchev–Trinajstić information content (AvgIpc) is 2.31. The first kappa shape index (κ1) is 18.1. The molecule has 0 aliphatic rings. The first-order chi connectivity index (χ1) is 8.44. The Morgan fingerprint density at radius 3 is 2.00 bits per heavy atom. The lowest BCUT2D eigenvalue weighted by atomic mass is 9.99. The maximum Gasteiger partial charge on any atom is -0.0159 e. The number of benzene rings is 1. The molecule has 0 aliphatic carbocycles. The summed E-state index contributed by atoms with van der Waals surface area (Å²) in [6.07, 6.45) is 1.00. The van der Waals surface area contributed by atoms with Crippen LogP contribution in [0.2, 0.25) is 0 Å². The summed E-state index contributed by atoms with van der Waals surface area (Å²) < 4.78 is 0. The molecule has 0 radical (unpaired) electrons. The van der Waals surface area contributed by atoms with Crippen molar-refractivity contribution in [2.24, 2.45) is 0 Å². The fourth-order valence-electron chi connectivity index (χ4n) is 1.16. The van der Waals surface area contributed by atoms with Crippen LogP contribution in [0.5, 0.6) is 0 Å². The zero-order valence-corrected chi connectivity index (χ0v) is 10.8. The van der Waals surface area contributed by atoms with E-state index in [0.29, 0.717) is 18.1 Å². The van der Waals surface area contributed by atoms with Gasteiger partial charge in [0.25, 0.3) is 0 Å². The fourth-order valence-corrected chi connectivity index (χ4v) is 1.16. The van der Waals surface area contributed by atoms with Gasteiger partial charge in [0.1, 0.15) is 0 Å². The normalized spacial score (nSPS) is 7.78. The molecule has 0 unspecified atom stereocenters. The predicted molar refractivity (Wildman–Crippen MR) is 73.3 cm³/mol. The summed E-state index contributed by atoms with van der Waals surface area (Å²) in [6, 6.07) is 8.58. The zero-order chi connectivity index (χ0) is 14.6. The monoisotopic (exact) mass is 244 g/mol. The molecular formula is C14H16N2O2-2. The van der Waals surface area contributed by atoms with E-state index in [1.165, 1.54) is 11.1 Å². The van der Waals surface area contributed by atoms with Crippen LogP contribution in [0.15, 0.2) is 30.8 Å². The van der Waals surface area contributed by atoms with Gasteiger partial charge in [0.2, 0.25) is 0 Å².